The number of hydrogen-bond acceptors (Lipinski definition) is 3. The van der Waals surface area contributed by atoms with E-state index in [9.17, 15) is 9.59 Å². The number of aryl methyl sites for hydroxylation is 2. The summed E-state index contributed by atoms with van der Waals surface area (Å²) in [6, 6.07) is 8.98. The van der Waals surface area contributed by atoms with Gasteiger partial charge in [0.1, 0.15) is 12.4 Å². The molecule has 2 aromatic heterocycles. The topological polar surface area (TPSA) is 68.9 Å². The lowest BCUT2D eigenvalue weighted by Crippen LogP contribution is -2.42. The summed E-state index contributed by atoms with van der Waals surface area (Å²) in [4.78, 5) is 28.9. The molecule has 0 fully saturated rings. The molecule has 3 aromatic rings. The molecule has 1 unspecified atom stereocenters. The second kappa shape index (κ2) is 6.20. The van der Waals surface area contributed by atoms with Crippen molar-refractivity contribution in [1.82, 2.24) is 19.4 Å². The highest BCUT2D eigenvalue weighted by atomic mass is 16.2. The number of nitrogens with one attached hydrogen (secondary N) is 1. The van der Waals surface area contributed by atoms with Crippen molar-refractivity contribution in [2.75, 3.05) is 0 Å². The summed E-state index contributed by atoms with van der Waals surface area (Å²) >= 11 is 0. The number of nitrogens with zero attached hydrogens (tertiary/aromatic N) is 3. The zero-order valence-corrected chi connectivity index (χ0v) is 14.1. The average molecular weight is 336 g/mol. The molecule has 1 aliphatic heterocycles. The van der Waals surface area contributed by atoms with Gasteiger partial charge in [0.15, 0.2) is 5.43 Å². The number of hydrogen-bond donors (Lipinski definition) is 1. The molecule has 4 rings (SSSR count). The van der Waals surface area contributed by atoms with E-state index in [0.29, 0.717) is 5.39 Å². The van der Waals surface area contributed by atoms with Gasteiger partial charge in [0, 0.05) is 42.9 Å². The number of aromatic nitrogens is 3. The molecule has 0 bridgehead atoms. The first-order valence-corrected chi connectivity index (χ1v) is 8.50. The summed E-state index contributed by atoms with van der Waals surface area (Å²) in [6.45, 7) is 2.94. The van der Waals surface area contributed by atoms with Gasteiger partial charge < -0.3 is 14.5 Å². The Morgan fingerprint density at radius 2 is 2.16 bits per heavy atom. The highest BCUT2D eigenvalue weighted by Crippen LogP contribution is 2.15. The Morgan fingerprint density at radius 3 is 3.04 bits per heavy atom. The zero-order chi connectivity index (χ0) is 17.4. The van der Waals surface area contributed by atoms with Crippen LogP contribution in [-0.2, 0) is 24.3 Å². The van der Waals surface area contributed by atoms with E-state index >= 15 is 0 Å². The van der Waals surface area contributed by atoms with Gasteiger partial charge in [0.05, 0.1) is 11.2 Å². The molecule has 1 N–H and O–H groups in total. The molecule has 0 saturated heterocycles. The molecule has 6 nitrogen and oxygen atoms in total. The normalized spacial score (nSPS) is 16.6. The lowest BCUT2D eigenvalue weighted by atomic mass is 10.1. The third kappa shape index (κ3) is 3.07. The number of pyridine rings is 1. The molecule has 1 atom stereocenters. The van der Waals surface area contributed by atoms with Gasteiger partial charge in [-0.2, -0.15) is 0 Å². The molecule has 0 spiro atoms. The summed E-state index contributed by atoms with van der Waals surface area (Å²) < 4.78 is 3.94. The van der Waals surface area contributed by atoms with Crippen LogP contribution in [0.3, 0.4) is 0 Å². The molecule has 128 valence electrons. The van der Waals surface area contributed by atoms with Crippen molar-refractivity contribution in [2.24, 2.45) is 0 Å². The fourth-order valence-electron chi connectivity index (χ4n) is 3.53. The van der Waals surface area contributed by atoms with E-state index in [1.54, 1.807) is 12.3 Å². The van der Waals surface area contributed by atoms with Gasteiger partial charge in [0.25, 0.3) is 0 Å². The van der Waals surface area contributed by atoms with E-state index in [2.05, 4.69) is 14.9 Å². The third-order valence-electron chi connectivity index (χ3n) is 4.68. The number of carbonyl (C=O) groups excluding carboxylic acids is 1. The molecule has 0 saturated carbocycles. The Hall–Kier alpha value is -2.89. The van der Waals surface area contributed by atoms with Crippen molar-refractivity contribution in [3.8, 4) is 0 Å². The van der Waals surface area contributed by atoms with Crippen molar-refractivity contribution in [1.29, 1.82) is 0 Å². The van der Waals surface area contributed by atoms with Crippen LogP contribution in [0.4, 0.5) is 0 Å². The van der Waals surface area contributed by atoms with Gasteiger partial charge in [-0.05, 0) is 25.5 Å². The summed E-state index contributed by atoms with van der Waals surface area (Å²) in [5.41, 5.74) is 1.77. The Kier molecular flexibility index (Phi) is 3.87. The van der Waals surface area contributed by atoms with Gasteiger partial charge in [-0.15, -0.1) is 0 Å². The van der Waals surface area contributed by atoms with Gasteiger partial charge in [0.2, 0.25) is 5.91 Å². The Balaban J connectivity index is 1.48. The summed E-state index contributed by atoms with van der Waals surface area (Å²) in [5, 5.41) is 3.74. The van der Waals surface area contributed by atoms with E-state index in [0.717, 1.165) is 36.4 Å². The molecule has 3 heterocycles. The molecule has 0 radical (unpaired) electrons. The lowest BCUT2D eigenvalue weighted by molar-refractivity contribution is -0.122. The summed E-state index contributed by atoms with van der Waals surface area (Å²) in [5.74, 6) is 1.05. The van der Waals surface area contributed by atoms with Crippen LogP contribution >= 0.6 is 0 Å². The molecule has 6 heteroatoms. The second-order valence-corrected chi connectivity index (χ2v) is 6.58. The average Bonchev–Trinajstić information content (AvgIpc) is 2.97. The number of fused-ring (bicyclic) bond motifs is 2. The van der Waals surface area contributed by atoms with Crippen molar-refractivity contribution in [3.63, 3.8) is 0 Å². The number of imidazole rings is 1. The van der Waals surface area contributed by atoms with Crippen molar-refractivity contribution in [3.05, 3.63) is 64.5 Å². The molecule has 0 aliphatic carbocycles. The van der Waals surface area contributed by atoms with Crippen molar-refractivity contribution < 1.29 is 4.79 Å². The smallest absolute Gasteiger partial charge is 0.240 e. The SMILES string of the molecule is Cc1cn2c(n1)CCC(NC(=O)Cn1ccc(=O)c3ccccc31)C2. The molecular weight excluding hydrogens is 316 g/mol. The van der Waals surface area contributed by atoms with Crippen LogP contribution in [0, 0.1) is 6.92 Å². The standard InChI is InChI=1S/C19H20N4O2/c1-13-10-23-11-14(6-7-18(23)20-13)21-19(25)12-22-9-8-17(24)15-4-2-3-5-16(15)22/h2-5,8-10,14H,6-7,11-12H2,1H3,(H,21,25). The van der Waals surface area contributed by atoms with Crippen LogP contribution in [0.15, 0.2) is 47.5 Å². The van der Waals surface area contributed by atoms with Crippen molar-refractivity contribution in [2.45, 2.75) is 38.9 Å². The minimum Gasteiger partial charge on any atom is -0.350 e. The Bertz CT molecular complexity index is 1000. The number of carbonyl (C=O) groups is 1. The molecule has 1 aromatic carbocycles. The van der Waals surface area contributed by atoms with E-state index in [1.165, 1.54) is 6.07 Å². The Morgan fingerprint density at radius 1 is 1.32 bits per heavy atom. The zero-order valence-electron chi connectivity index (χ0n) is 14.1. The van der Waals surface area contributed by atoms with Crippen LogP contribution in [0.5, 0.6) is 0 Å². The van der Waals surface area contributed by atoms with Gasteiger partial charge in [-0.1, -0.05) is 12.1 Å². The summed E-state index contributed by atoms with van der Waals surface area (Å²) in [6.07, 6.45) is 5.48. The van der Waals surface area contributed by atoms with Crippen LogP contribution < -0.4 is 10.7 Å². The largest absolute Gasteiger partial charge is 0.350 e. The van der Waals surface area contributed by atoms with Crippen LogP contribution in [0.25, 0.3) is 10.9 Å². The van der Waals surface area contributed by atoms with Gasteiger partial charge >= 0.3 is 0 Å². The number of amides is 1. The minimum absolute atomic E-state index is 0.0254. The summed E-state index contributed by atoms with van der Waals surface area (Å²) in [7, 11) is 0. The van der Waals surface area contributed by atoms with Crippen LogP contribution in [-0.4, -0.2) is 26.1 Å². The monoisotopic (exact) mass is 336 g/mol. The first-order valence-electron chi connectivity index (χ1n) is 8.50. The fraction of sp³-hybridized carbons (Fsp3) is 0.316. The third-order valence-corrected chi connectivity index (χ3v) is 4.68. The van der Waals surface area contributed by atoms with E-state index in [4.69, 9.17) is 0 Å². The predicted molar refractivity (Wildman–Crippen MR) is 95.4 cm³/mol. The fourth-order valence-corrected chi connectivity index (χ4v) is 3.53. The van der Waals surface area contributed by atoms with Crippen LogP contribution in [0.1, 0.15) is 17.9 Å². The van der Waals surface area contributed by atoms with Crippen molar-refractivity contribution >= 4 is 16.8 Å². The minimum atomic E-state index is -0.0425. The number of rotatable bonds is 3. The molecule has 1 amide bonds. The van der Waals surface area contributed by atoms with E-state index in [1.807, 2.05) is 35.9 Å². The maximum absolute atomic E-state index is 12.5. The molecule has 1 aliphatic rings. The van der Waals surface area contributed by atoms with E-state index < -0.39 is 0 Å². The second-order valence-electron chi connectivity index (χ2n) is 6.58. The quantitative estimate of drug-likeness (QED) is 0.790. The van der Waals surface area contributed by atoms with Gasteiger partial charge in [-0.3, -0.25) is 9.59 Å². The predicted octanol–water partition coefficient (Wildman–Crippen LogP) is 1.64. The number of para-hydroxylation sites is 1. The maximum atomic E-state index is 12.5. The number of benzene rings is 1. The first kappa shape index (κ1) is 15.6. The first-order chi connectivity index (χ1) is 12.1. The highest BCUT2D eigenvalue weighted by molar-refractivity contribution is 5.82. The van der Waals surface area contributed by atoms with E-state index in [-0.39, 0.29) is 23.9 Å². The van der Waals surface area contributed by atoms with Gasteiger partial charge in [-0.25, -0.2) is 4.98 Å². The Labute approximate surface area is 145 Å². The lowest BCUT2D eigenvalue weighted by Gasteiger charge is -2.25. The van der Waals surface area contributed by atoms with Crippen LogP contribution in [0.2, 0.25) is 0 Å². The molecule has 25 heavy (non-hydrogen) atoms. The maximum Gasteiger partial charge on any atom is 0.240 e. The highest BCUT2D eigenvalue weighted by Gasteiger charge is 2.21. The molecular formula is C19H20N4O2.